The SMILES string of the molecule is CCOC(=O)c1nc(C(=O)N2CC(F)(F)C[C@@H]2C)c(-c2cnc(NCCC3CC3)cc2C(F)(F)F)s1. The Labute approximate surface area is 208 Å². The van der Waals surface area contributed by atoms with Gasteiger partial charge >= 0.3 is 12.1 Å². The van der Waals surface area contributed by atoms with E-state index in [2.05, 4.69) is 15.3 Å². The zero-order valence-corrected chi connectivity index (χ0v) is 20.4. The smallest absolute Gasteiger partial charge is 0.417 e. The largest absolute Gasteiger partial charge is 0.461 e. The van der Waals surface area contributed by atoms with Crippen molar-refractivity contribution in [3.8, 4) is 10.4 Å². The summed E-state index contributed by atoms with van der Waals surface area (Å²) in [4.78, 5) is 34.2. The normalized spacial score (nSPS) is 19.4. The van der Waals surface area contributed by atoms with Gasteiger partial charge < -0.3 is 15.0 Å². The van der Waals surface area contributed by atoms with E-state index < -0.39 is 59.8 Å². The average Bonchev–Trinajstić information content (AvgIpc) is 3.43. The molecule has 2 aliphatic rings. The lowest BCUT2D eigenvalue weighted by molar-refractivity contribution is -0.137. The lowest BCUT2D eigenvalue weighted by atomic mass is 10.1. The first-order valence-electron chi connectivity index (χ1n) is 11.6. The number of pyridine rings is 1. The molecule has 1 N–H and O–H groups in total. The first-order chi connectivity index (χ1) is 16.9. The summed E-state index contributed by atoms with van der Waals surface area (Å²) in [5.41, 5.74) is -2.07. The fourth-order valence-corrected chi connectivity index (χ4v) is 5.10. The minimum absolute atomic E-state index is 0.0162. The topological polar surface area (TPSA) is 84.4 Å². The average molecular weight is 533 g/mol. The lowest BCUT2D eigenvalue weighted by Crippen LogP contribution is -2.35. The summed E-state index contributed by atoms with van der Waals surface area (Å²) in [7, 11) is 0. The molecule has 4 rings (SSSR count). The minimum atomic E-state index is -4.83. The van der Waals surface area contributed by atoms with Crippen LogP contribution in [0.2, 0.25) is 0 Å². The van der Waals surface area contributed by atoms with Gasteiger partial charge in [0.25, 0.3) is 11.8 Å². The van der Waals surface area contributed by atoms with Crippen LogP contribution in [0.3, 0.4) is 0 Å². The molecule has 1 saturated heterocycles. The second kappa shape index (κ2) is 9.91. The summed E-state index contributed by atoms with van der Waals surface area (Å²) < 4.78 is 75.1. The third kappa shape index (κ3) is 5.76. The van der Waals surface area contributed by atoms with Crippen molar-refractivity contribution >= 4 is 29.0 Å². The molecule has 36 heavy (non-hydrogen) atoms. The molecule has 2 aromatic heterocycles. The number of amides is 1. The molecule has 0 unspecified atom stereocenters. The number of hydrogen-bond donors (Lipinski definition) is 1. The standard InChI is InChI=1S/C23H25F5N4O3S/c1-3-35-21(34)19-31-17(20(33)32-11-22(24,25)9-12(32)2)18(36-19)14-10-30-16(8-15(14)23(26,27)28)29-7-6-13-4-5-13/h8,10,12-13H,3-7,9,11H2,1-2H3,(H,29,30)/t12-/m0/s1. The van der Waals surface area contributed by atoms with Crippen LogP contribution in [-0.2, 0) is 10.9 Å². The zero-order chi connectivity index (χ0) is 26.3. The van der Waals surface area contributed by atoms with Gasteiger partial charge in [-0.05, 0) is 32.3 Å². The van der Waals surface area contributed by atoms with Crippen molar-refractivity contribution in [2.24, 2.45) is 5.92 Å². The Bertz CT molecular complexity index is 1150. The number of nitrogens with one attached hydrogen (secondary N) is 1. The zero-order valence-electron chi connectivity index (χ0n) is 19.6. The number of nitrogens with zero attached hydrogens (tertiary/aromatic N) is 3. The molecule has 1 atom stereocenters. The number of anilines is 1. The fraction of sp³-hybridized carbons (Fsp3) is 0.565. The highest BCUT2D eigenvalue weighted by Crippen LogP contribution is 2.43. The van der Waals surface area contributed by atoms with E-state index in [0.29, 0.717) is 23.8 Å². The maximum Gasteiger partial charge on any atom is 0.417 e. The van der Waals surface area contributed by atoms with Crippen LogP contribution in [0.15, 0.2) is 12.3 Å². The van der Waals surface area contributed by atoms with Gasteiger partial charge in [0.1, 0.15) is 11.5 Å². The van der Waals surface area contributed by atoms with Crippen molar-refractivity contribution in [3.05, 3.63) is 28.5 Å². The predicted octanol–water partition coefficient (Wildman–Crippen LogP) is 5.48. The van der Waals surface area contributed by atoms with Crippen LogP contribution in [0.25, 0.3) is 10.4 Å². The molecule has 0 aromatic carbocycles. The summed E-state index contributed by atoms with van der Waals surface area (Å²) in [6.45, 7) is 2.50. The molecule has 3 heterocycles. The molecule has 1 amide bonds. The quantitative estimate of drug-likeness (QED) is 0.358. The fourth-order valence-electron chi connectivity index (χ4n) is 4.13. The van der Waals surface area contributed by atoms with E-state index in [9.17, 15) is 31.5 Å². The molecule has 2 fully saturated rings. The van der Waals surface area contributed by atoms with E-state index >= 15 is 0 Å². The number of rotatable bonds is 8. The van der Waals surface area contributed by atoms with E-state index in [1.165, 1.54) is 13.8 Å². The maximum absolute atomic E-state index is 14.1. The van der Waals surface area contributed by atoms with Crippen LogP contribution < -0.4 is 5.32 Å². The molecule has 1 aliphatic heterocycles. The molecular formula is C23H25F5N4O3S. The first kappa shape index (κ1) is 26.2. The van der Waals surface area contributed by atoms with Gasteiger partial charge in [-0.15, -0.1) is 11.3 Å². The van der Waals surface area contributed by atoms with Gasteiger partial charge in [-0.2, -0.15) is 13.2 Å². The van der Waals surface area contributed by atoms with Crippen LogP contribution >= 0.6 is 11.3 Å². The number of esters is 1. The van der Waals surface area contributed by atoms with E-state index in [-0.39, 0.29) is 22.3 Å². The number of thiazole rings is 1. The van der Waals surface area contributed by atoms with Crippen molar-refractivity contribution in [2.75, 3.05) is 25.0 Å². The van der Waals surface area contributed by atoms with Crippen molar-refractivity contribution < 1.29 is 36.3 Å². The summed E-state index contributed by atoms with van der Waals surface area (Å²) in [5, 5.41) is 2.54. The minimum Gasteiger partial charge on any atom is -0.461 e. The first-order valence-corrected chi connectivity index (χ1v) is 12.4. The van der Waals surface area contributed by atoms with Crippen molar-refractivity contribution in [1.82, 2.24) is 14.9 Å². The number of halogens is 5. The highest BCUT2D eigenvalue weighted by Gasteiger charge is 2.46. The molecule has 2 aromatic rings. The maximum atomic E-state index is 14.1. The monoisotopic (exact) mass is 532 g/mol. The van der Waals surface area contributed by atoms with E-state index in [1.54, 1.807) is 0 Å². The molecule has 0 bridgehead atoms. The van der Waals surface area contributed by atoms with Gasteiger partial charge in [0.2, 0.25) is 5.01 Å². The van der Waals surface area contributed by atoms with Gasteiger partial charge in [-0.3, -0.25) is 4.79 Å². The number of ether oxygens (including phenoxy) is 1. The lowest BCUT2D eigenvalue weighted by Gasteiger charge is -2.21. The molecular weight excluding hydrogens is 507 g/mol. The summed E-state index contributed by atoms with van der Waals surface area (Å²) in [6, 6.07) is -0.0290. The Morgan fingerprint density at radius 3 is 2.61 bits per heavy atom. The number of hydrogen-bond acceptors (Lipinski definition) is 7. The number of aromatic nitrogens is 2. The van der Waals surface area contributed by atoms with E-state index in [4.69, 9.17) is 4.74 Å². The van der Waals surface area contributed by atoms with Gasteiger partial charge in [0.15, 0.2) is 0 Å². The van der Waals surface area contributed by atoms with Gasteiger partial charge in [0, 0.05) is 30.8 Å². The summed E-state index contributed by atoms with van der Waals surface area (Å²) in [5.74, 6) is -4.46. The predicted molar refractivity (Wildman–Crippen MR) is 122 cm³/mol. The van der Waals surface area contributed by atoms with Crippen molar-refractivity contribution in [2.45, 2.75) is 57.7 Å². The van der Waals surface area contributed by atoms with Crippen molar-refractivity contribution in [3.63, 3.8) is 0 Å². The molecule has 1 saturated carbocycles. The van der Waals surface area contributed by atoms with Crippen LogP contribution in [0, 0.1) is 5.92 Å². The molecule has 7 nitrogen and oxygen atoms in total. The highest BCUT2D eigenvalue weighted by atomic mass is 32.1. The Hall–Kier alpha value is -2.83. The molecule has 1 aliphatic carbocycles. The van der Waals surface area contributed by atoms with Gasteiger partial charge in [0.05, 0.1) is 23.6 Å². The van der Waals surface area contributed by atoms with E-state index in [1.807, 2.05) is 0 Å². The highest BCUT2D eigenvalue weighted by molar-refractivity contribution is 7.17. The number of alkyl halides is 5. The van der Waals surface area contributed by atoms with Crippen molar-refractivity contribution in [1.29, 1.82) is 0 Å². The molecule has 13 heteroatoms. The number of likely N-dealkylation sites (tertiary alicyclic amines) is 1. The summed E-state index contributed by atoms with van der Waals surface area (Å²) >= 11 is 0.534. The van der Waals surface area contributed by atoms with Crippen LogP contribution in [0.4, 0.5) is 27.8 Å². The molecule has 0 spiro atoms. The third-order valence-electron chi connectivity index (χ3n) is 6.08. The molecule has 196 valence electrons. The second-order valence-electron chi connectivity index (χ2n) is 9.03. The Kier molecular flexibility index (Phi) is 7.22. The van der Waals surface area contributed by atoms with Crippen LogP contribution in [0.1, 0.15) is 65.4 Å². The number of carbonyl (C=O) groups is 2. The van der Waals surface area contributed by atoms with Gasteiger partial charge in [-0.25, -0.2) is 23.5 Å². The van der Waals surface area contributed by atoms with Gasteiger partial charge in [-0.1, -0.05) is 12.8 Å². The Morgan fingerprint density at radius 2 is 2.03 bits per heavy atom. The number of carbonyl (C=O) groups excluding carboxylic acids is 2. The Balaban J connectivity index is 1.75. The van der Waals surface area contributed by atoms with Crippen LogP contribution in [-0.4, -0.2) is 58.4 Å². The summed E-state index contributed by atoms with van der Waals surface area (Å²) in [6.07, 6.45) is -1.42. The third-order valence-corrected chi connectivity index (χ3v) is 7.15. The molecule has 0 radical (unpaired) electrons. The van der Waals surface area contributed by atoms with E-state index in [0.717, 1.165) is 36.4 Å². The Morgan fingerprint density at radius 1 is 1.31 bits per heavy atom. The van der Waals surface area contributed by atoms with Crippen LogP contribution in [0.5, 0.6) is 0 Å². The second-order valence-corrected chi connectivity index (χ2v) is 10.0.